The molecule has 1 unspecified atom stereocenters. The van der Waals surface area contributed by atoms with Gasteiger partial charge >= 0.3 is 0 Å². The molecule has 0 amide bonds. The van der Waals surface area contributed by atoms with E-state index in [1.54, 1.807) is 0 Å². The lowest BCUT2D eigenvalue weighted by atomic mass is 10.1. The molecule has 24 heavy (non-hydrogen) atoms. The molecular weight excluding hydrogens is 302 g/mol. The Balaban J connectivity index is 1.57. The van der Waals surface area contributed by atoms with Crippen LogP contribution >= 0.6 is 0 Å². The number of aliphatic imine (C=N–C) groups is 1. The van der Waals surface area contributed by atoms with Crippen molar-refractivity contribution in [3.8, 4) is 0 Å². The highest BCUT2D eigenvalue weighted by Gasteiger charge is 2.15. The van der Waals surface area contributed by atoms with Gasteiger partial charge in [0.2, 0.25) is 0 Å². The van der Waals surface area contributed by atoms with E-state index >= 15 is 0 Å². The molecule has 5 nitrogen and oxygen atoms in total. The number of guanidine groups is 1. The van der Waals surface area contributed by atoms with Crippen LogP contribution in [-0.4, -0.2) is 51.5 Å². The molecule has 134 valence electrons. The minimum atomic E-state index is 0.296. The van der Waals surface area contributed by atoms with Crippen LogP contribution in [0.1, 0.15) is 31.7 Å². The van der Waals surface area contributed by atoms with Gasteiger partial charge in [-0.2, -0.15) is 0 Å². The first kappa shape index (κ1) is 18.7. The number of ether oxygens (including phenoxy) is 2. The SMILES string of the molecule is CCNC(=NCCCc1ccccc1)NCCCOC1CCOC1. The summed E-state index contributed by atoms with van der Waals surface area (Å²) in [6.45, 7) is 7.03. The molecule has 0 aliphatic carbocycles. The van der Waals surface area contributed by atoms with Gasteiger partial charge < -0.3 is 20.1 Å². The topological polar surface area (TPSA) is 54.9 Å². The largest absolute Gasteiger partial charge is 0.379 e. The van der Waals surface area contributed by atoms with Crippen LogP contribution in [0.5, 0.6) is 0 Å². The van der Waals surface area contributed by atoms with Crippen LogP contribution in [0.4, 0.5) is 0 Å². The van der Waals surface area contributed by atoms with Crippen LogP contribution in [0.2, 0.25) is 0 Å². The molecular formula is C19H31N3O2. The lowest BCUT2D eigenvalue weighted by Gasteiger charge is -2.13. The number of rotatable bonds is 10. The summed E-state index contributed by atoms with van der Waals surface area (Å²) >= 11 is 0. The normalized spacial score (nSPS) is 17.9. The predicted octanol–water partition coefficient (Wildman–Crippen LogP) is 2.37. The van der Waals surface area contributed by atoms with Crippen molar-refractivity contribution in [1.82, 2.24) is 10.6 Å². The van der Waals surface area contributed by atoms with E-state index in [2.05, 4.69) is 52.9 Å². The Labute approximate surface area is 145 Å². The third kappa shape index (κ3) is 7.79. The molecule has 1 saturated heterocycles. The van der Waals surface area contributed by atoms with Gasteiger partial charge in [-0.15, -0.1) is 0 Å². The first-order valence-corrected chi connectivity index (χ1v) is 9.14. The molecule has 5 heteroatoms. The predicted molar refractivity (Wildman–Crippen MR) is 98.5 cm³/mol. The van der Waals surface area contributed by atoms with Crippen molar-refractivity contribution in [2.45, 2.75) is 38.7 Å². The van der Waals surface area contributed by atoms with Crippen molar-refractivity contribution < 1.29 is 9.47 Å². The lowest BCUT2D eigenvalue weighted by molar-refractivity contribution is 0.0420. The van der Waals surface area contributed by atoms with E-state index in [4.69, 9.17) is 9.47 Å². The van der Waals surface area contributed by atoms with Crippen molar-refractivity contribution in [2.24, 2.45) is 4.99 Å². The summed E-state index contributed by atoms with van der Waals surface area (Å²) in [5, 5.41) is 6.66. The van der Waals surface area contributed by atoms with Gasteiger partial charge in [0.05, 0.1) is 12.7 Å². The molecule has 2 rings (SSSR count). The van der Waals surface area contributed by atoms with Crippen molar-refractivity contribution >= 4 is 5.96 Å². The standard InChI is InChI=1S/C19H31N3O2/c1-2-20-19(21-12-6-10-17-8-4-3-5-9-17)22-13-7-14-24-18-11-15-23-16-18/h3-5,8-9,18H,2,6-7,10-16H2,1H3,(H2,20,21,22). The van der Waals surface area contributed by atoms with Crippen LogP contribution in [0, 0.1) is 0 Å². The van der Waals surface area contributed by atoms with Gasteiger partial charge in [0.15, 0.2) is 5.96 Å². The second-order valence-corrected chi connectivity index (χ2v) is 5.99. The van der Waals surface area contributed by atoms with Gasteiger partial charge in [0, 0.05) is 32.8 Å². The highest BCUT2D eigenvalue weighted by atomic mass is 16.5. The molecule has 1 atom stereocenters. The van der Waals surface area contributed by atoms with Gasteiger partial charge in [0.25, 0.3) is 0 Å². The van der Waals surface area contributed by atoms with Crippen LogP contribution in [0.25, 0.3) is 0 Å². The molecule has 0 saturated carbocycles. The van der Waals surface area contributed by atoms with Crippen molar-refractivity contribution in [3.63, 3.8) is 0 Å². The summed E-state index contributed by atoms with van der Waals surface area (Å²) in [5.74, 6) is 0.898. The van der Waals surface area contributed by atoms with Crippen molar-refractivity contribution in [3.05, 3.63) is 35.9 Å². The highest BCUT2D eigenvalue weighted by Crippen LogP contribution is 2.07. The zero-order valence-corrected chi connectivity index (χ0v) is 14.8. The van der Waals surface area contributed by atoms with E-state index in [1.807, 2.05) is 0 Å². The zero-order chi connectivity index (χ0) is 16.9. The van der Waals surface area contributed by atoms with Crippen LogP contribution in [0.15, 0.2) is 35.3 Å². The number of hydrogen-bond acceptors (Lipinski definition) is 3. The molecule has 0 radical (unpaired) electrons. The Kier molecular flexibility index (Phi) is 9.27. The Bertz CT molecular complexity index is 459. The Morgan fingerprint density at radius 3 is 2.88 bits per heavy atom. The average molecular weight is 333 g/mol. The number of aryl methyl sites for hydroxylation is 1. The number of benzene rings is 1. The third-order valence-electron chi connectivity index (χ3n) is 3.94. The summed E-state index contributed by atoms with van der Waals surface area (Å²) < 4.78 is 11.1. The van der Waals surface area contributed by atoms with Crippen molar-refractivity contribution in [1.29, 1.82) is 0 Å². The summed E-state index contributed by atoms with van der Waals surface area (Å²) in [4.78, 5) is 4.64. The summed E-state index contributed by atoms with van der Waals surface area (Å²) in [7, 11) is 0. The number of nitrogens with zero attached hydrogens (tertiary/aromatic N) is 1. The molecule has 1 aliphatic heterocycles. The maximum absolute atomic E-state index is 5.77. The fourth-order valence-electron chi connectivity index (χ4n) is 2.63. The average Bonchev–Trinajstić information content (AvgIpc) is 3.12. The lowest BCUT2D eigenvalue weighted by Crippen LogP contribution is -2.38. The van der Waals surface area contributed by atoms with E-state index < -0.39 is 0 Å². The van der Waals surface area contributed by atoms with Gasteiger partial charge in [-0.25, -0.2) is 0 Å². The third-order valence-corrected chi connectivity index (χ3v) is 3.94. The molecule has 1 fully saturated rings. The van der Waals surface area contributed by atoms with Gasteiger partial charge in [0.1, 0.15) is 0 Å². The van der Waals surface area contributed by atoms with Crippen LogP contribution in [-0.2, 0) is 15.9 Å². The first-order chi connectivity index (χ1) is 11.9. The van der Waals surface area contributed by atoms with Crippen LogP contribution in [0.3, 0.4) is 0 Å². The Morgan fingerprint density at radius 2 is 2.12 bits per heavy atom. The summed E-state index contributed by atoms with van der Waals surface area (Å²) in [6.07, 6.45) is 4.43. The number of nitrogens with one attached hydrogen (secondary N) is 2. The van der Waals surface area contributed by atoms with Crippen molar-refractivity contribution in [2.75, 3.05) is 39.5 Å². The summed E-state index contributed by atoms with van der Waals surface area (Å²) in [6, 6.07) is 10.6. The van der Waals surface area contributed by atoms with E-state index in [1.165, 1.54) is 5.56 Å². The molecule has 0 bridgehead atoms. The molecule has 1 aromatic rings. The molecule has 0 aromatic heterocycles. The molecule has 1 aliphatic rings. The molecule has 1 aromatic carbocycles. The van der Waals surface area contributed by atoms with E-state index in [-0.39, 0.29) is 0 Å². The van der Waals surface area contributed by atoms with Crippen LogP contribution < -0.4 is 10.6 Å². The minimum Gasteiger partial charge on any atom is -0.379 e. The molecule has 0 spiro atoms. The monoisotopic (exact) mass is 333 g/mol. The highest BCUT2D eigenvalue weighted by molar-refractivity contribution is 5.79. The molecule has 2 N–H and O–H groups in total. The van der Waals surface area contributed by atoms with Gasteiger partial charge in [-0.3, -0.25) is 4.99 Å². The molecule has 1 heterocycles. The quantitative estimate of drug-likeness (QED) is 0.392. The maximum Gasteiger partial charge on any atom is 0.191 e. The fraction of sp³-hybridized carbons (Fsp3) is 0.632. The summed E-state index contributed by atoms with van der Waals surface area (Å²) in [5.41, 5.74) is 1.37. The van der Waals surface area contributed by atoms with Gasteiger partial charge in [-0.05, 0) is 38.2 Å². The second-order valence-electron chi connectivity index (χ2n) is 5.99. The van der Waals surface area contributed by atoms with E-state index in [0.717, 1.165) is 71.1 Å². The maximum atomic E-state index is 5.77. The first-order valence-electron chi connectivity index (χ1n) is 9.14. The van der Waals surface area contributed by atoms with Gasteiger partial charge in [-0.1, -0.05) is 30.3 Å². The minimum absolute atomic E-state index is 0.296. The number of hydrogen-bond donors (Lipinski definition) is 2. The van der Waals surface area contributed by atoms with E-state index in [9.17, 15) is 0 Å². The fourth-order valence-corrected chi connectivity index (χ4v) is 2.63. The second kappa shape index (κ2) is 11.9. The Morgan fingerprint density at radius 1 is 1.25 bits per heavy atom. The smallest absolute Gasteiger partial charge is 0.191 e. The van der Waals surface area contributed by atoms with E-state index in [0.29, 0.717) is 6.10 Å². The Hall–Kier alpha value is -1.59. The zero-order valence-electron chi connectivity index (χ0n) is 14.8.